The van der Waals surface area contributed by atoms with Gasteiger partial charge in [-0.3, -0.25) is 9.36 Å². The van der Waals surface area contributed by atoms with E-state index in [9.17, 15) is 9.59 Å². The van der Waals surface area contributed by atoms with E-state index in [-0.39, 0.29) is 17.3 Å². The fourth-order valence-corrected chi connectivity index (χ4v) is 2.40. The Bertz CT molecular complexity index is 747. The molecule has 6 heteroatoms. The van der Waals surface area contributed by atoms with Gasteiger partial charge in [0, 0.05) is 42.9 Å². The second kappa shape index (κ2) is 6.41. The van der Waals surface area contributed by atoms with E-state index in [1.165, 1.54) is 11.6 Å². The highest BCUT2D eigenvalue weighted by molar-refractivity contribution is 9.10. The maximum absolute atomic E-state index is 12.0. The third kappa shape index (κ3) is 3.51. The molecular weight excluding hydrogens is 334 g/mol. The number of aromatic nitrogens is 2. The molecule has 1 atom stereocenters. The van der Waals surface area contributed by atoms with Crippen LogP contribution in [0.5, 0.6) is 0 Å². The van der Waals surface area contributed by atoms with Gasteiger partial charge in [0.05, 0.1) is 0 Å². The molecule has 0 aliphatic rings. The number of hydrogen-bond donors (Lipinski definition) is 1. The van der Waals surface area contributed by atoms with Crippen LogP contribution in [-0.4, -0.2) is 9.13 Å². The van der Waals surface area contributed by atoms with Gasteiger partial charge in [0.15, 0.2) is 0 Å². The zero-order valence-electron chi connectivity index (χ0n) is 12.3. The number of halogens is 1. The first-order chi connectivity index (χ1) is 9.90. The van der Waals surface area contributed by atoms with Crippen molar-refractivity contribution in [1.82, 2.24) is 14.5 Å². The Kier molecular flexibility index (Phi) is 4.80. The van der Waals surface area contributed by atoms with Crippen LogP contribution in [0, 0.1) is 0 Å². The molecule has 0 spiro atoms. The van der Waals surface area contributed by atoms with Gasteiger partial charge in [-0.15, -0.1) is 0 Å². The molecule has 112 valence electrons. The summed E-state index contributed by atoms with van der Waals surface area (Å²) in [5, 5.41) is 3.31. The van der Waals surface area contributed by atoms with E-state index < -0.39 is 0 Å². The Balaban J connectivity index is 2.15. The molecule has 0 unspecified atom stereocenters. The molecule has 0 saturated carbocycles. The molecule has 2 aromatic rings. The zero-order chi connectivity index (χ0) is 15.6. The van der Waals surface area contributed by atoms with E-state index in [2.05, 4.69) is 21.2 Å². The summed E-state index contributed by atoms with van der Waals surface area (Å²) in [6.45, 7) is 2.45. The van der Waals surface area contributed by atoms with Gasteiger partial charge in [0.2, 0.25) is 0 Å². The van der Waals surface area contributed by atoms with Crippen LogP contribution in [0.3, 0.4) is 0 Å². The smallest absolute Gasteiger partial charge is 0.306 e. The third-order valence-corrected chi connectivity index (χ3v) is 4.01. The van der Waals surface area contributed by atoms with Crippen molar-refractivity contribution >= 4 is 15.9 Å². The number of aryl methyl sites for hydroxylation is 1. The third-order valence-electron chi connectivity index (χ3n) is 3.49. The van der Waals surface area contributed by atoms with E-state index in [1.807, 2.05) is 31.2 Å². The van der Waals surface area contributed by atoms with Crippen molar-refractivity contribution in [3.8, 4) is 0 Å². The molecule has 2 rings (SSSR count). The minimum atomic E-state index is -0.315. The number of nitrogens with zero attached hydrogens (tertiary/aromatic N) is 2. The van der Waals surface area contributed by atoms with Crippen LogP contribution >= 0.6 is 15.9 Å². The number of nitrogens with one attached hydrogen (secondary N) is 1. The van der Waals surface area contributed by atoms with Gasteiger partial charge in [0.25, 0.3) is 5.56 Å². The Hall–Kier alpha value is -1.66. The van der Waals surface area contributed by atoms with Crippen LogP contribution in [0.15, 0.2) is 44.5 Å². The Morgan fingerprint density at radius 3 is 2.43 bits per heavy atom. The van der Waals surface area contributed by atoms with Gasteiger partial charge >= 0.3 is 5.69 Å². The number of benzene rings is 1. The second-order valence-electron chi connectivity index (χ2n) is 5.07. The maximum Gasteiger partial charge on any atom is 0.330 e. The van der Waals surface area contributed by atoms with Crippen molar-refractivity contribution in [2.24, 2.45) is 14.1 Å². The first kappa shape index (κ1) is 15.7. The average molecular weight is 352 g/mol. The van der Waals surface area contributed by atoms with Crippen LogP contribution < -0.4 is 16.6 Å². The van der Waals surface area contributed by atoms with Crippen molar-refractivity contribution < 1.29 is 0 Å². The predicted molar refractivity (Wildman–Crippen MR) is 86.3 cm³/mol. The lowest BCUT2D eigenvalue weighted by atomic mass is 10.1. The quantitative estimate of drug-likeness (QED) is 0.911. The summed E-state index contributed by atoms with van der Waals surface area (Å²) in [5.74, 6) is 0. The summed E-state index contributed by atoms with van der Waals surface area (Å²) in [4.78, 5) is 23.7. The molecule has 1 N–H and O–H groups in total. The normalized spacial score (nSPS) is 12.4. The van der Waals surface area contributed by atoms with Crippen LogP contribution in [0.4, 0.5) is 0 Å². The molecule has 0 fully saturated rings. The highest BCUT2D eigenvalue weighted by Gasteiger charge is 2.09. The molecule has 0 amide bonds. The average Bonchev–Trinajstić information content (AvgIpc) is 2.48. The van der Waals surface area contributed by atoms with Crippen LogP contribution in [0.25, 0.3) is 0 Å². The lowest BCUT2D eigenvalue weighted by Gasteiger charge is -2.15. The van der Waals surface area contributed by atoms with Crippen LogP contribution in [0.2, 0.25) is 0 Å². The summed E-state index contributed by atoms with van der Waals surface area (Å²) in [7, 11) is 3.13. The molecule has 5 nitrogen and oxygen atoms in total. The van der Waals surface area contributed by atoms with E-state index in [0.717, 1.165) is 14.6 Å². The first-order valence-corrected chi connectivity index (χ1v) is 7.44. The molecule has 0 radical (unpaired) electrons. The molecule has 1 aromatic carbocycles. The van der Waals surface area contributed by atoms with Gasteiger partial charge in [0.1, 0.15) is 0 Å². The van der Waals surface area contributed by atoms with E-state index in [4.69, 9.17) is 0 Å². The first-order valence-electron chi connectivity index (χ1n) is 6.64. The SMILES string of the molecule is C[C@H](NCc1cn(C)c(=O)n(C)c1=O)c1ccc(Br)cc1. The fourth-order valence-electron chi connectivity index (χ4n) is 2.14. The van der Waals surface area contributed by atoms with Gasteiger partial charge in [-0.25, -0.2) is 4.79 Å². The molecule has 0 bridgehead atoms. The number of hydrogen-bond acceptors (Lipinski definition) is 3. The molecule has 0 aliphatic heterocycles. The largest absolute Gasteiger partial charge is 0.330 e. The minimum Gasteiger partial charge on any atom is -0.306 e. The van der Waals surface area contributed by atoms with Crippen LogP contribution in [0.1, 0.15) is 24.1 Å². The molecule has 0 aliphatic carbocycles. The van der Waals surface area contributed by atoms with Gasteiger partial charge < -0.3 is 9.88 Å². The second-order valence-corrected chi connectivity index (χ2v) is 5.98. The minimum absolute atomic E-state index is 0.111. The molecule has 1 heterocycles. The summed E-state index contributed by atoms with van der Waals surface area (Å²) in [5.41, 5.74) is 1.14. The van der Waals surface area contributed by atoms with Crippen molar-refractivity contribution in [3.63, 3.8) is 0 Å². The summed E-state index contributed by atoms with van der Waals surface area (Å²) >= 11 is 3.41. The van der Waals surface area contributed by atoms with Crippen molar-refractivity contribution in [3.05, 3.63) is 66.9 Å². The predicted octanol–water partition coefficient (Wildman–Crippen LogP) is 1.70. The van der Waals surface area contributed by atoms with Crippen LogP contribution in [-0.2, 0) is 20.6 Å². The Morgan fingerprint density at radius 2 is 1.81 bits per heavy atom. The van der Waals surface area contributed by atoms with E-state index in [0.29, 0.717) is 12.1 Å². The Labute approximate surface area is 131 Å². The molecule has 0 saturated heterocycles. The van der Waals surface area contributed by atoms with Crippen molar-refractivity contribution in [2.45, 2.75) is 19.5 Å². The van der Waals surface area contributed by atoms with Gasteiger partial charge in [-0.2, -0.15) is 0 Å². The van der Waals surface area contributed by atoms with Crippen molar-refractivity contribution in [1.29, 1.82) is 0 Å². The summed E-state index contributed by atoms with van der Waals surface area (Å²) < 4.78 is 3.58. The Morgan fingerprint density at radius 1 is 1.19 bits per heavy atom. The molecule has 21 heavy (non-hydrogen) atoms. The van der Waals surface area contributed by atoms with Gasteiger partial charge in [-0.05, 0) is 24.6 Å². The maximum atomic E-state index is 12.0. The highest BCUT2D eigenvalue weighted by atomic mass is 79.9. The topological polar surface area (TPSA) is 56.0 Å². The molecule has 1 aromatic heterocycles. The van der Waals surface area contributed by atoms with E-state index in [1.54, 1.807) is 13.2 Å². The summed E-state index contributed by atoms with van der Waals surface area (Å²) in [6.07, 6.45) is 1.59. The monoisotopic (exact) mass is 351 g/mol. The zero-order valence-corrected chi connectivity index (χ0v) is 13.8. The number of rotatable bonds is 4. The lowest BCUT2D eigenvalue weighted by molar-refractivity contribution is 0.558. The molecular formula is C15H18BrN3O2. The highest BCUT2D eigenvalue weighted by Crippen LogP contribution is 2.16. The lowest BCUT2D eigenvalue weighted by Crippen LogP contribution is -2.39. The standard InChI is InChI=1S/C15H18BrN3O2/c1-10(11-4-6-13(16)7-5-11)17-8-12-9-18(2)15(21)19(3)14(12)20/h4-7,9-10,17H,8H2,1-3H3/t10-/m0/s1. The van der Waals surface area contributed by atoms with Gasteiger partial charge in [-0.1, -0.05) is 28.1 Å². The van der Waals surface area contributed by atoms with Crippen molar-refractivity contribution in [2.75, 3.05) is 0 Å². The fraction of sp³-hybridized carbons (Fsp3) is 0.333. The summed E-state index contributed by atoms with van der Waals surface area (Å²) in [6, 6.07) is 8.14. The van der Waals surface area contributed by atoms with E-state index >= 15 is 0 Å².